The molecule has 0 amide bonds. The van der Waals surface area contributed by atoms with Crippen molar-refractivity contribution < 1.29 is 8.42 Å². The molecule has 5 nitrogen and oxygen atoms in total. The maximum absolute atomic E-state index is 11.6. The molecule has 0 radical (unpaired) electrons. The van der Waals surface area contributed by atoms with Gasteiger partial charge in [0.05, 0.1) is 0 Å². The summed E-state index contributed by atoms with van der Waals surface area (Å²) >= 11 is 0. The summed E-state index contributed by atoms with van der Waals surface area (Å²) in [5.41, 5.74) is 0. The van der Waals surface area contributed by atoms with Crippen LogP contribution in [0.3, 0.4) is 0 Å². The van der Waals surface area contributed by atoms with E-state index in [4.69, 9.17) is 0 Å². The zero-order chi connectivity index (χ0) is 12.3. The number of pyridine rings is 1. The lowest BCUT2D eigenvalue weighted by molar-refractivity contribution is 0.477. The van der Waals surface area contributed by atoms with E-state index in [1.54, 1.807) is 18.3 Å². The second kappa shape index (κ2) is 5.01. The summed E-state index contributed by atoms with van der Waals surface area (Å²) in [5, 5.41) is 6.49. The fraction of sp³-hybridized carbons (Fsp3) is 0.545. The number of sulfone groups is 1. The number of aromatic nitrogens is 1. The maximum atomic E-state index is 11.6. The molecule has 0 atom stereocenters. The van der Waals surface area contributed by atoms with Crippen LogP contribution in [-0.2, 0) is 9.84 Å². The molecule has 0 unspecified atom stereocenters. The van der Waals surface area contributed by atoms with Crippen LogP contribution < -0.4 is 10.6 Å². The smallest absolute Gasteiger partial charge is 0.179 e. The molecule has 2 N–H and O–H groups in total. The maximum Gasteiger partial charge on any atom is 0.179 e. The highest BCUT2D eigenvalue weighted by Gasteiger charge is 2.18. The summed E-state index contributed by atoms with van der Waals surface area (Å²) < 4.78 is 23.2. The topological polar surface area (TPSA) is 71.1 Å². The van der Waals surface area contributed by atoms with Crippen LogP contribution in [0.5, 0.6) is 0 Å². The molecule has 2 rings (SSSR count). The first-order valence-electron chi connectivity index (χ1n) is 5.70. The van der Waals surface area contributed by atoms with Crippen molar-refractivity contribution in [1.82, 2.24) is 10.3 Å². The first-order chi connectivity index (χ1) is 8.07. The quantitative estimate of drug-likeness (QED) is 0.830. The minimum absolute atomic E-state index is 0.276. The van der Waals surface area contributed by atoms with E-state index in [9.17, 15) is 8.42 Å². The Hall–Kier alpha value is -1.14. The largest absolute Gasteiger partial charge is 0.366 e. The second-order valence-corrected chi connectivity index (χ2v) is 6.28. The molecule has 6 heteroatoms. The van der Waals surface area contributed by atoms with Crippen LogP contribution in [0.2, 0.25) is 0 Å². The van der Waals surface area contributed by atoms with E-state index >= 15 is 0 Å². The van der Waals surface area contributed by atoms with Crippen molar-refractivity contribution in [3.05, 3.63) is 18.3 Å². The zero-order valence-electron chi connectivity index (χ0n) is 9.81. The Kier molecular flexibility index (Phi) is 3.63. The first-order valence-corrected chi connectivity index (χ1v) is 7.59. The standard InChI is InChI=1S/C11H17N3O2S/c1-17(15,16)10-3-2-6-13-11(10)14-9-4-7-12-8-5-9/h2-3,6,9,12H,4-5,7-8H2,1H3,(H,13,14). The van der Waals surface area contributed by atoms with E-state index in [0.29, 0.717) is 11.9 Å². The van der Waals surface area contributed by atoms with Gasteiger partial charge >= 0.3 is 0 Å². The minimum Gasteiger partial charge on any atom is -0.366 e. The molecule has 0 saturated carbocycles. The van der Waals surface area contributed by atoms with E-state index in [1.165, 1.54) is 6.26 Å². The van der Waals surface area contributed by atoms with Crippen molar-refractivity contribution in [3.8, 4) is 0 Å². The number of anilines is 1. The van der Waals surface area contributed by atoms with Gasteiger partial charge in [0.15, 0.2) is 9.84 Å². The first kappa shape index (κ1) is 12.3. The van der Waals surface area contributed by atoms with E-state index in [1.807, 2.05) is 0 Å². The van der Waals surface area contributed by atoms with E-state index in [-0.39, 0.29) is 4.90 Å². The SMILES string of the molecule is CS(=O)(=O)c1cccnc1NC1CCNCC1. The van der Waals surface area contributed by atoms with Gasteiger partial charge in [0.2, 0.25) is 0 Å². The number of rotatable bonds is 3. The Morgan fingerprint density at radius 2 is 2.12 bits per heavy atom. The van der Waals surface area contributed by atoms with Crippen molar-refractivity contribution in [3.63, 3.8) is 0 Å². The molecule has 1 saturated heterocycles. The Bertz CT molecular complexity index is 481. The normalized spacial score (nSPS) is 17.9. The number of hydrogen-bond donors (Lipinski definition) is 2. The van der Waals surface area contributed by atoms with Crippen LogP contribution in [0.25, 0.3) is 0 Å². The highest BCUT2D eigenvalue weighted by atomic mass is 32.2. The fourth-order valence-corrected chi connectivity index (χ4v) is 2.75. The number of piperidine rings is 1. The molecule has 17 heavy (non-hydrogen) atoms. The van der Waals surface area contributed by atoms with Gasteiger partial charge in [0.25, 0.3) is 0 Å². The van der Waals surface area contributed by atoms with Gasteiger partial charge in [-0.15, -0.1) is 0 Å². The fourth-order valence-electron chi connectivity index (χ4n) is 1.96. The predicted octanol–water partition coefficient (Wildman–Crippen LogP) is 0.649. The summed E-state index contributed by atoms with van der Waals surface area (Å²) in [6, 6.07) is 3.53. The number of hydrogen-bond acceptors (Lipinski definition) is 5. The van der Waals surface area contributed by atoms with Crippen molar-refractivity contribution in [2.75, 3.05) is 24.7 Å². The van der Waals surface area contributed by atoms with Gasteiger partial charge in [0, 0.05) is 18.5 Å². The molecule has 1 fully saturated rings. The third-order valence-corrected chi connectivity index (χ3v) is 3.98. The summed E-state index contributed by atoms with van der Waals surface area (Å²) in [6.07, 6.45) is 4.79. The summed E-state index contributed by atoms with van der Waals surface area (Å²) in [4.78, 5) is 4.40. The van der Waals surface area contributed by atoms with Crippen LogP contribution in [0.15, 0.2) is 23.2 Å². The average molecular weight is 255 g/mol. The van der Waals surface area contributed by atoms with Crippen LogP contribution in [-0.4, -0.2) is 38.8 Å². The van der Waals surface area contributed by atoms with Crippen molar-refractivity contribution in [2.45, 2.75) is 23.8 Å². The molecular formula is C11H17N3O2S. The lowest BCUT2D eigenvalue weighted by Crippen LogP contribution is -2.35. The zero-order valence-corrected chi connectivity index (χ0v) is 10.6. The molecule has 0 aromatic carbocycles. The summed E-state index contributed by atoms with van der Waals surface area (Å²) in [5.74, 6) is 0.474. The molecule has 1 aliphatic heterocycles. The van der Waals surface area contributed by atoms with Gasteiger partial charge in [-0.2, -0.15) is 0 Å². The Balaban J connectivity index is 2.20. The second-order valence-electron chi connectivity index (χ2n) is 4.29. The molecule has 0 aliphatic carbocycles. The van der Waals surface area contributed by atoms with Gasteiger partial charge in [-0.25, -0.2) is 13.4 Å². The lowest BCUT2D eigenvalue weighted by Gasteiger charge is -2.24. The van der Waals surface area contributed by atoms with Crippen LogP contribution >= 0.6 is 0 Å². The Morgan fingerprint density at radius 1 is 1.41 bits per heavy atom. The van der Waals surface area contributed by atoms with Crippen molar-refractivity contribution in [1.29, 1.82) is 0 Å². The van der Waals surface area contributed by atoms with Crippen molar-refractivity contribution >= 4 is 15.7 Å². The summed E-state index contributed by atoms with van der Waals surface area (Å²) in [7, 11) is -3.22. The molecule has 94 valence electrons. The van der Waals surface area contributed by atoms with E-state index < -0.39 is 9.84 Å². The highest BCUT2D eigenvalue weighted by Crippen LogP contribution is 2.20. The van der Waals surface area contributed by atoms with Gasteiger partial charge in [-0.3, -0.25) is 0 Å². The summed E-state index contributed by atoms with van der Waals surface area (Å²) in [6.45, 7) is 1.91. The van der Waals surface area contributed by atoms with Gasteiger partial charge in [0.1, 0.15) is 10.7 Å². The molecule has 0 spiro atoms. The molecule has 1 aromatic heterocycles. The van der Waals surface area contributed by atoms with E-state index in [2.05, 4.69) is 15.6 Å². The minimum atomic E-state index is -3.22. The highest BCUT2D eigenvalue weighted by molar-refractivity contribution is 7.90. The van der Waals surface area contributed by atoms with Gasteiger partial charge < -0.3 is 10.6 Å². The monoisotopic (exact) mass is 255 g/mol. The number of nitrogens with one attached hydrogen (secondary N) is 2. The van der Waals surface area contributed by atoms with Crippen LogP contribution in [0.1, 0.15) is 12.8 Å². The van der Waals surface area contributed by atoms with Crippen LogP contribution in [0.4, 0.5) is 5.82 Å². The van der Waals surface area contributed by atoms with Gasteiger partial charge in [-0.1, -0.05) is 0 Å². The molecule has 0 bridgehead atoms. The Morgan fingerprint density at radius 3 is 2.76 bits per heavy atom. The molecular weight excluding hydrogens is 238 g/mol. The molecule has 2 heterocycles. The molecule has 1 aromatic rings. The van der Waals surface area contributed by atoms with Gasteiger partial charge in [-0.05, 0) is 38.1 Å². The van der Waals surface area contributed by atoms with Crippen LogP contribution in [0, 0.1) is 0 Å². The van der Waals surface area contributed by atoms with E-state index in [0.717, 1.165) is 25.9 Å². The predicted molar refractivity (Wildman–Crippen MR) is 66.9 cm³/mol. The third-order valence-electron chi connectivity index (χ3n) is 2.85. The average Bonchev–Trinajstić information content (AvgIpc) is 2.30. The van der Waals surface area contributed by atoms with Crippen molar-refractivity contribution in [2.24, 2.45) is 0 Å². The molecule has 1 aliphatic rings. The third kappa shape index (κ3) is 3.17. The Labute approximate surface area is 102 Å². The lowest BCUT2D eigenvalue weighted by atomic mass is 10.1. The number of nitrogens with zero attached hydrogens (tertiary/aromatic N) is 1.